The van der Waals surface area contributed by atoms with E-state index in [1.54, 1.807) is 12.1 Å². The van der Waals surface area contributed by atoms with Crippen LogP contribution in [0.3, 0.4) is 0 Å². The van der Waals surface area contributed by atoms with Gasteiger partial charge in [-0.2, -0.15) is 0 Å². The highest BCUT2D eigenvalue weighted by Gasteiger charge is 2.34. The number of methoxy groups -OCH3 is 1. The summed E-state index contributed by atoms with van der Waals surface area (Å²) in [7, 11) is 1.41. The van der Waals surface area contributed by atoms with Gasteiger partial charge >= 0.3 is 5.97 Å². The quantitative estimate of drug-likeness (QED) is 0.449. The second-order valence-electron chi connectivity index (χ2n) is 6.57. The van der Waals surface area contributed by atoms with Crippen LogP contribution in [0.4, 0.5) is 11.4 Å². The molecular weight excluding hydrogens is 354 g/mol. The molecule has 26 heavy (non-hydrogen) atoms. The van der Waals surface area contributed by atoms with Gasteiger partial charge in [0, 0.05) is 24.7 Å². The predicted octanol–water partition coefficient (Wildman–Crippen LogP) is 3.90. The van der Waals surface area contributed by atoms with Crippen LogP contribution < -0.4 is 0 Å². The summed E-state index contributed by atoms with van der Waals surface area (Å²) >= 11 is 1.44. The van der Waals surface area contributed by atoms with Gasteiger partial charge in [-0.25, -0.2) is 4.99 Å². The summed E-state index contributed by atoms with van der Waals surface area (Å²) in [6.45, 7) is 0.781. The number of rotatable bonds is 4. The Labute approximate surface area is 157 Å². The molecule has 1 saturated carbocycles. The second-order valence-corrected chi connectivity index (χ2v) is 7.74. The van der Waals surface area contributed by atoms with Gasteiger partial charge in [0.05, 0.1) is 17.7 Å². The minimum atomic E-state index is -0.423. The van der Waals surface area contributed by atoms with Crippen molar-refractivity contribution in [2.75, 3.05) is 13.7 Å². The Morgan fingerprint density at radius 2 is 1.92 bits per heavy atom. The molecule has 1 atom stereocenters. The Morgan fingerprint density at radius 3 is 2.54 bits per heavy atom. The van der Waals surface area contributed by atoms with Gasteiger partial charge in [-0.1, -0.05) is 31.0 Å². The van der Waals surface area contributed by atoms with Gasteiger partial charge in [-0.15, -0.1) is 0 Å². The van der Waals surface area contributed by atoms with E-state index in [0.717, 1.165) is 31.0 Å². The number of aliphatic imine (C=N–C) groups is 1. The van der Waals surface area contributed by atoms with Gasteiger partial charge in [-0.05, 0) is 31.4 Å². The third-order valence-electron chi connectivity index (χ3n) is 4.89. The van der Waals surface area contributed by atoms with Crippen LogP contribution in [0.2, 0.25) is 0 Å². The standard InChI is InChI=1S/C18H23N3O4S/c1-25-17(22)16-11-12-20(14-5-3-2-4-6-14)18(26-16)19-13-7-9-15(10-8-13)21(23)24/h7-10,14,16H,2-6,11-12H2,1H3. The van der Waals surface area contributed by atoms with E-state index < -0.39 is 4.92 Å². The zero-order chi connectivity index (χ0) is 18.5. The Bertz CT molecular complexity index is 686. The maximum atomic E-state index is 12.0. The molecule has 7 nitrogen and oxygen atoms in total. The van der Waals surface area contributed by atoms with Crippen molar-refractivity contribution in [3.8, 4) is 0 Å². The number of hydrogen-bond acceptors (Lipinski definition) is 6. The topological polar surface area (TPSA) is 85.0 Å². The maximum absolute atomic E-state index is 12.0. The van der Waals surface area contributed by atoms with Crippen LogP contribution in [0.15, 0.2) is 29.3 Å². The van der Waals surface area contributed by atoms with Crippen molar-refractivity contribution >= 4 is 34.3 Å². The van der Waals surface area contributed by atoms with E-state index in [4.69, 9.17) is 9.73 Å². The molecule has 140 valence electrons. The number of thioether (sulfide) groups is 1. The Balaban J connectivity index is 1.84. The zero-order valence-corrected chi connectivity index (χ0v) is 15.6. The lowest BCUT2D eigenvalue weighted by molar-refractivity contribution is -0.384. The molecule has 1 saturated heterocycles. The van der Waals surface area contributed by atoms with Crippen molar-refractivity contribution in [1.82, 2.24) is 4.90 Å². The summed E-state index contributed by atoms with van der Waals surface area (Å²) in [6.07, 6.45) is 6.74. The highest BCUT2D eigenvalue weighted by Crippen LogP contribution is 2.34. The Kier molecular flexibility index (Phi) is 6.13. The van der Waals surface area contributed by atoms with Crippen LogP contribution in [-0.4, -0.2) is 45.9 Å². The molecule has 0 spiro atoms. The minimum Gasteiger partial charge on any atom is -0.468 e. The smallest absolute Gasteiger partial charge is 0.319 e. The molecule has 0 N–H and O–H groups in total. The summed E-state index contributed by atoms with van der Waals surface area (Å²) in [4.78, 5) is 29.4. The number of hydrogen-bond donors (Lipinski definition) is 0. The second kappa shape index (κ2) is 8.53. The van der Waals surface area contributed by atoms with Crippen molar-refractivity contribution < 1.29 is 14.5 Å². The molecule has 0 amide bonds. The Morgan fingerprint density at radius 1 is 1.23 bits per heavy atom. The molecule has 0 aromatic heterocycles. The molecule has 1 heterocycles. The van der Waals surface area contributed by atoms with E-state index in [0.29, 0.717) is 11.7 Å². The fourth-order valence-corrected chi connectivity index (χ4v) is 4.69. The molecule has 1 aromatic carbocycles. The first-order valence-electron chi connectivity index (χ1n) is 8.93. The normalized spacial score (nSPS) is 23.0. The first-order valence-corrected chi connectivity index (χ1v) is 9.80. The summed E-state index contributed by atoms with van der Waals surface area (Å²) in [6, 6.07) is 6.65. The van der Waals surface area contributed by atoms with Crippen molar-refractivity contribution in [3.05, 3.63) is 34.4 Å². The van der Waals surface area contributed by atoms with Crippen LogP contribution in [0, 0.1) is 10.1 Å². The fourth-order valence-electron chi connectivity index (χ4n) is 3.48. The molecule has 1 aliphatic carbocycles. The lowest BCUT2D eigenvalue weighted by atomic mass is 9.94. The fraction of sp³-hybridized carbons (Fsp3) is 0.556. The monoisotopic (exact) mass is 377 g/mol. The summed E-state index contributed by atoms with van der Waals surface area (Å²) in [5.41, 5.74) is 0.700. The van der Waals surface area contributed by atoms with Crippen LogP contribution in [0.5, 0.6) is 0 Å². The largest absolute Gasteiger partial charge is 0.468 e. The first kappa shape index (κ1) is 18.7. The zero-order valence-electron chi connectivity index (χ0n) is 14.8. The number of nitro benzene ring substituents is 1. The lowest BCUT2D eigenvalue weighted by Crippen LogP contribution is -2.46. The number of carbonyl (C=O) groups excluding carboxylic acids is 1. The third-order valence-corrected chi connectivity index (χ3v) is 6.14. The average molecular weight is 377 g/mol. The summed E-state index contributed by atoms with van der Waals surface area (Å²) in [5, 5.41) is 11.4. The predicted molar refractivity (Wildman–Crippen MR) is 102 cm³/mol. The average Bonchev–Trinajstić information content (AvgIpc) is 2.68. The van der Waals surface area contributed by atoms with Crippen LogP contribution in [0.25, 0.3) is 0 Å². The van der Waals surface area contributed by atoms with Crippen molar-refractivity contribution in [2.45, 2.75) is 49.8 Å². The number of nitrogens with zero attached hydrogens (tertiary/aromatic N) is 3. The molecule has 2 fully saturated rings. The van der Waals surface area contributed by atoms with E-state index in [1.807, 2.05) is 0 Å². The molecule has 1 unspecified atom stereocenters. The van der Waals surface area contributed by atoms with Gasteiger partial charge in [0.15, 0.2) is 5.17 Å². The van der Waals surface area contributed by atoms with Gasteiger partial charge in [0.1, 0.15) is 5.25 Å². The highest BCUT2D eigenvalue weighted by molar-refractivity contribution is 8.14. The number of ether oxygens (including phenoxy) is 1. The van der Waals surface area contributed by atoms with Gasteiger partial charge in [-0.3, -0.25) is 14.9 Å². The minimum absolute atomic E-state index is 0.0434. The molecule has 0 radical (unpaired) electrons. The van der Waals surface area contributed by atoms with Crippen molar-refractivity contribution in [1.29, 1.82) is 0 Å². The van der Waals surface area contributed by atoms with E-state index in [1.165, 1.54) is 50.3 Å². The number of esters is 1. The number of benzene rings is 1. The van der Waals surface area contributed by atoms with E-state index >= 15 is 0 Å². The molecule has 1 aromatic rings. The van der Waals surface area contributed by atoms with Crippen LogP contribution >= 0.6 is 11.8 Å². The third kappa shape index (κ3) is 4.35. The molecule has 1 aliphatic heterocycles. The first-order chi connectivity index (χ1) is 12.6. The van der Waals surface area contributed by atoms with Gasteiger partial charge in [0.2, 0.25) is 0 Å². The summed E-state index contributed by atoms with van der Waals surface area (Å²) < 4.78 is 4.90. The van der Waals surface area contributed by atoms with Crippen LogP contribution in [-0.2, 0) is 9.53 Å². The van der Waals surface area contributed by atoms with E-state index in [9.17, 15) is 14.9 Å². The number of nitro groups is 1. The van der Waals surface area contributed by atoms with Gasteiger partial charge in [0.25, 0.3) is 5.69 Å². The van der Waals surface area contributed by atoms with Gasteiger partial charge < -0.3 is 9.64 Å². The molecular formula is C18H23N3O4S. The van der Waals surface area contributed by atoms with E-state index in [2.05, 4.69) is 4.90 Å². The molecule has 8 heteroatoms. The maximum Gasteiger partial charge on any atom is 0.319 e. The number of non-ortho nitro benzene ring substituents is 1. The SMILES string of the molecule is COC(=O)C1CCN(C2CCCCC2)C(=Nc2ccc([N+](=O)[O-])cc2)S1. The number of amidine groups is 1. The number of carbonyl (C=O) groups is 1. The molecule has 0 bridgehead atoms. The van der Waals surface area contributed by atoms with Crippen molar-refractivity contribution in [2.24, 2.45) is 4.99 Å². The van der Waals surface area contributed by atoms with Crippen LogP contribution in [0.1, 0.15) is 38.5 Å². The van der Waals surface area contributed by atoms with Crippen molar-refractivity contribution in [3.63, 3.8) is 0 Å². The Hall–Kier alpha value is -2.09. The molecule has 3 rings (SSSR count). The van der Waals surface area contributed by atoms with E-state index in [-0.39, 0.29) is 16.9 Å². The molecule has 2 aliphatic rings. The lowest BCUT2D eigenvalue weighted by Gasteiger charge is -2.40. The summed E-state index contributed by atoms with van der Waals surface area (Å²) in [5.74, 6) is -0.227. The highest BCUT2D eigenvalue weighted by atomic mass is 32.2.